The Balaban J connectivity index is 0.000000149. The molecule has 6 aliphatic heterocycles. The van der Waals surface area contributed by atoms with Crippen LogP contribution in [-0.2, 0) is 68.7 Å². The van der Waals surface area contributed by atoms with Crippen molar-refractivity contribution in [1.82, 2.24) is 93.7 Å². The van der Waals surface area contributed by atoms with E-state index in [1.54, 1.807) is 145 Å². The van der Waals surface area contributed by atoms with Crippen molar-refractivity contribution < 1.29 is 48.2 Å². The average Bonchev–Trinajstić information content (AvgIpc) is 1.57. The van der Waals surface area contributed by atoms with E-state index >= 15 is 0 Å². The van der Waals surface area contributed by atoms with Crippen LogP contribution in [0.5, 0.6) is 0 Å². The van der Waals surface area contributed by atoms with Gasteiger partial charge in [-0.2, -0.15) is 25.5 Å². The minimum absolute atomic E-state index is 0.0279. The van der Waals surface area contributed by atoms with Gasteiger partial charge in [0.1, 0.15) is 29.0 Å². The van der Waals surface area contributed by atoms with Crippen LogP contribution in [0, 0.1) is 23.7 Å². The summed E-state index contributed by atoms with van der Waals surface area (Å²) in [5.41, 5.74) is 31.5. The van der Waals surface area contributed by atoms with Crippen molar-refractivity contribution in [3.8, 4) is 0 Å². The third kappa shape index (κ3) is 25.8. The number of nitrogens with one attached hydrogen (secondary N) is 4. The van der Waals surface area contributed by atoms with E-state index < -0.39 is 29.2 Å². The molecule has 18 rings (SSSR count). The lowest BCUT2D eigenvalue weighted by Crippen LogP contribution is -2.44. The number of hydrogen-bond acceptors (Lipinski definition) is 32. The van der Waals surface area contributed by atoms with Gasteiger partial charge in [-0.15, -0.1) is 0 Å². The summed E-state index contributed by atoms with van der Waals surface area (Å²) in [6.45, 7) is 32.7. The Kier molecular flexibility index (Phi) is 33.1. The van der Waals surface area contributed by atoms with Gasteiger partial charge in [0.05, 0.1) is 95.8 Å². The van der Waals surface area contributed by atoms with Gasteiger partial charge in [-0.1, -0.05) is 75.4 Å². The van der Waals surface area contributed by atoms with E-state index in [0.29, 0.717) is 101 Å². The van der Waals surface area contributed by atoms with Gasteiger partial charge in [0.2, 0.25) is 0 Å². The summed E-state index contributed by atoms with van der Waals surface area (Å²) in [5, 5.41) is 43.9. The fraction of sp³-hybridized carbons (Fsp3) is 0.472. The quantitative estimate of drug-likeness (QED) is 0.0182. The van der Waals surface area contributed by atoms with E-state index in [1.807, 2.05) is 62.6 Å². The van der Waals surface area contributed by atoms with E-state index in [2.05, 4.69) is 184 Å². The van der Waals surface area contributed by atoms with Crippen LogP contribution in [0.25, 0.3) is 0 Å². The molecule has 149 heavy (non-hydrogen) atoms. The number of aliphatic hydroxyl groups is 1. The maximum atomic E-state index is 13.4. The van der Waals surface area contributed by atoms with Crippen LogP contribution in [0.4, 0.5) is 69.3 Å². The third-order valence-electron chi connectivity index (χ3n) is 29.7. The van der Waals surface area contributed by atoms with Crippen LogP contribution >= 0.6 is 0 Å². The topological polar surface area (TPSA) is 527 Å². The number of anilines is 12. The molecule has 0 unspecified atom stereocenters. The molecule has 6 aliphatic rings. The molecule has 0 saturated carbocycles. The molecule has 5 fully saturated rings. The summed E-state index contributed by atoms with van der Waals surface area (Å²) in [4.78, 5) is 148. The first-order valence-electron chi connectivity index (χ1n) is 51.1. The largest absolute Gasteiger partial charge is 0.386 e. The van der Waals surface area contributed by atoms with Crippen molar-refractivity contribution in [1.29, 1.82) is 0 Å². The molecule has 13 N–H and O–H groups in total. The van der Waals surface area contributed by atoms with Crippen LogP contribution in [0.1, 0.15) is 291 Å². The number of carbonyl (C=O) groups excluding carboxylic acids is 8. The SMILES string of the molecule is C[C@@H]1[C@H](CC(=O)c2cc(C(C)(C)C)nn2C)CCCN1c1cnc(C(N)=O)c(Nc2cnn(C)c2)n1.C[C@@H]1[C@H](CC(=O)c2ccc(C(C)(C)N3CCCC3)cc2)CCCN1c1cnc(C(N)=O)c(Nc2cnn(C)c2)n1.C[C@@H]1[C@H](CC(=O)c2ccc3c(c2)COC3(C)C)CCCN1c1cnc(C(N)=O)c(Nc2cnn(C)c2)n1.C[C@@H]1[C@H](CC(=O)c2cccc(C(C)(C)O)c2)CCCN1c1cnc(C(N)=O)c(Nc2cnn(C)c2)n1. The van der Waals surface area contributed by atoms with Gasteiger partial charge in [0, 0.05) is 164 Å². The maximum Gasteiger partial charge on any atom is 0.271 e. The summed E-state index contributed by atoms with van der Waals surface area (Å²) in [7, 11) is 9.03. The molecule has 3 aromatic carbocycles. The third-order valence-corrected chi connectivity index (χ3v) is 29.7. The Morgan fingerprint density at radius 2 is 0.745 bits per heavy atom. The van der Waals surface area contributed by atoms with Crippen LogP contribution < -0.4 is 63.8 Å². The molecule has 0 aliphatic carbocycles. The molecule has 0 radical (unpaired) electrons. The standard InChI is InChI=1S/C30H40N8O2.C27H33N7O3.C26H33N7O3.C25H35N9O2/c1-20-22(16-25(39)21-9-11-23(12-10-21)30(2,3)37-13-5-6-14-37)8-7-15-38(20)26-18-32-27(28(31)40)29(35-26)34-24-17-33-36(4)19-24;1-16-17(11-22(35)18-7-8-21-19(10-18)15-37-27(21,2)3)6-5-9-34(16)23-13-29-24(25(28)36)26(32-23)31-20-12-30-33(4)14-20;1-16-17(12-21(34)18-7-5-9-19(11-18)26(2,3)36)8-6-10-33(16)22-14-28-23(24(27)35)25(31-22)30-20-13-29-32(4)15-20;1-15-16(10-19(35)18-11-20(25(2,3)4)31-33(18)6)8-7-9-34(15)21-13-27-22(23(26)36)24(30-21)29-17-12-28-32(5)14-17/h9-12,17-20,22H,5-8,13-16H2,1-4H3,(H2,31,40)(H,34,35);7-8,10,12-14,16-17H,5-6,9,11,15H2,1-4H3,(H2,28,36)(H,31,32);5,7,9,11,13-17,36H,6,8,10,12H2,1-4H3,(H2,27,35)(H,30,31);11-16H,7-10H2,1-6H3,(H2,26,36)(H,29,30)/t20-,22+;2*16-,17+;15-,16+/m1111/s1. The number of ketones is 4. The lowest BCUT2D eigenvalue weighted by molar-refractivity contribution is -0.00791. The number of Topliss-reactive ketones (excluding diaryl/α,β-unsaturated/α-hetero) is 4. The second-order valence-electron chi connectivity index (χ2n) is 42.6. The second-order valence-corrected chi connectivity index (χ2v) is 42.6. The lowest BCUT2D eigenvalue weighted by atomic mass is 9.84. The van der Waals surface area contributed by atoms with Crippen molar-refractivity contribution in [3.63, 3.8) is 0 Å². The molecule has 0 spiro atoms. The number of amides is 4. The Morgan fingerprint density at radius 3 is 1.07 bits per heavy atom. The van der Waals surface area contributed by atoms with Gasteiger partial charge in [0.25, 0.3) is 23.6 Å². The summed E-state index contributed by atoms with van der Waals surface area (Å²) >= 11 is 0. The molecule has 0 bridgehead atoms. The van der Waals surface area contributed by atoms with Crippen molar-refractivity contribution >= 4 is 116 Å². The lowest BCUT2D eigenvalue weighted by Gasteiger charge is -2.40. The maximum absolute atomic E-state index is 13.4. The summed E-state index contributed by atoms with van der Waals surface area (Å²) in [5.74, 6) is 2.03. The number of rotatable bonds is 31. The molecular formula is C108H141N31O10. The van der Waals surface area contributed by atoms with Crippen molar-refractivity contribution in [2.75, 3.05) is 80.1 Å². The number of aromatic nitrogens is 18. The number of hydrogen-bond donors (Lipinski definition) is 9. The summed E-state index contributed by atoms with van der Waals surface area (Å²) in [6.07, 6.45) is 31.6. The molecular weight excluding hydrogens is 1890 g/mol. The smallest absolute Gasteiger partial charge is 0.271 e. The molecule has 5 saturated heterocycles. The summed E-state index contributed by atoms with van der Waals surface area (Å²) < 4.78 is 14.1. The molecule has 41 nitrogen and oxygen atoms in total. The number of piperidine rings is 4. The van der Waals surface area contributed by atoms with Crippen LogP contribution in [0.3, 0.4) is 0 Å². The highest BCUT2D eigenvalue weighted by molar-refractivity contribution is 6.01. The predicted octanol–water partition coefficient (Wildman–Crippen LogP) is 14.1. The minimum atomic E-state index is -1.01. The molecule has 15 heterocycles. The number of nitrogens with two attached hydrogens (primary N) is 4. The van der Waals surface area contributed by atoms with Gasteiger partial charge in [0.15, 0.2) is 69.2 Å². The van der Waals surface area contributed by atoms with Crippen molar-refractivity contribution in [2.45, 2.75) is 233 Å². The Morgan fingerprint density at radius 1 is 0.409 bits per heavy atom. The molecule has 9 aromatic heterocycles. The predicted molar refractivity (Wildman–Crippen MR) is 570 cm³/mol. The number of carbonyl (C=O) groups is 8. The first-order chi connectivity index (χ1) is 70.7. The van der Waals surface area contributed by atoms with E-state index in [1.165, 1.54) is 18.4 Å². The molecule has 8 atom stereocenters. The highest BCUT2D eigenvalue weighted by atomic mass is 16.5. The Hall–Kier alpha value is -15.1. The summed E-state index contributed by atoms with van der Waals surface area (Å²) in [6, 6.07) is 23.5. The highest BCUT2D eigenvalue weighted by Crippen LogP contribution is 2.42. The highest BCUT2D eigenvalue weighted by Gasteiger charge is 2.40. The fourth-order valence-corrected chi connectivity index (χ4v) is 20.8. The number of benzene rings is 3. The second kappa shape index (κ2) is 45.7. The van der Waals surface area contributed by atoms with E-state index in [0.717, 1.165) is 119 Å². The zero-order chi connectivity index (χ0) is 107. The van der Waals surface area contributed by atoms with Gasteiger partial charge in [-0.25, -0.2) is 39.9 Å². The van der Waals surface area contributed by atoms with E-state index in [9.17, 15) is 43.5 Å². The first kappa shape index (κ1) is 108. The molecule has 4 amide bonds. The number of primary amides is 4. The van der Waals surface area contributed by atoms with Crippen LogP contribution in [0.15, 0.2) is 147 Å². The van der Waals surface area contributed by atoms with Gasteiger partial charge >= 0.3 is 0 Å². The van der Waals surface area contributed by atoms with Gasteiger partial charge in [-0.3, -0.25) is 66.7 Å². The Labute approximate surface area is 868 Å². The van der Waals surface area contributed by atoms with Crippen molar-refractivity contribution in [2.24, 2.45) is 81.8 Å². The molecule has 12 aromatic rings. The zero-order valence-corrected chi connectivity index (χ0v) is 88.5. The van der Waals surface area contributed by atoms with Crippen molar-refractivity contribution in [3.05, 3.63) is 220 Å². The van der Waals surface area contributed by atoms with Gasteiger partial charge < -0.3 is 73.6 Å². The monoisotopic (exact) mass is 2030 g/mol. The number of ether oxygens (including phenoxy) is 1. The van der Waals surface area contributed by atoms with E-state index in [-0.39, 0.29) is 128 Å². The average molecular weight is 2030 g/mol. The fourth-order valence-electron chi connectivity index (χ4n) is 20.8. The number of nitrogens with zero attached hydrogens (tertiary/aromatic N) is 23. The normalized spacial score (nSPS) is 19.3. The number of likely N-dealkylation sites (tertiary alicyclic amines) is 1. The first-order valence-corrected chi connectivity index (χ1v) is 51.1. The zero-order valence-electron chi connectivity index (χ0n) is 88.5. The molecule has 788 valence electrons. The van der Waals surface area contributed by atoms with E-state index in [4.69, 9.17) is 42.6 Å². The number of fused-ring (bicyclic) bond motifs is 1. The minimum Gasteiger partial charge on any atom is -0.386 e. The number of aryl methyl sites for hydroxylation is 5. The van der Waals surface area contributed by atoms with Crippen LogP contribution in [-0.4, -0.2) is 209 Å². The molecule has 41 heteroatoms. The Bertz CT molecular complexity index is 6860. The van der Waals surface area contributed by atoms with Crippen LogP contribution in [0.2, 0.25) is 0 Å². The van der Waals surface area contributed by atoms with Gasteiger partial charge in [-0.05, 0) is 211 Å².